The molecule has 2 aromatic rings. The lowest BCUT2D eigenvalue weighted by Gasteiger charge is -2.08. The lowest BCUT2D eigenvalue weighted by Crippen LogP contribution is -2.17. The monoisotopic (exact) mass is 332 g/mol. The first-order valence-corrected chi connectivity index (χ1v) is 8.19. The number of aryl methyl sites for hydroxylation is 1. The van der Waals surface area contributed by atoms with E-state index in [1.54, 1.807) is 6.20 Å². The van der Waals surface area contributed by atoms with Gasteiger partial charge in [0.05, 0.1) is 12.0 Å². The maximum absolute atomic E-state index is 12.0. The molecule has 6 heteroatoms. The van der Waals surface area contributed by atoms with Crippen molar-refractivity contribution >= 4 is 28.3 Å². The van der Waals surface area contributed by atoms with Gasteiger partial charge in [-0.2, -0.15) is 0 Å². The predicted octanol–water partition coefficient (Wildman–Crippen LogP) is 3.65. The Labute approximate surface area is 139 Å². The van der Waals surface area contributed by atoms with Crippen LogP contribution in [0.4, 0.5) is 5.13 Å². The van der Waals surface area contributed by atoms with Crippen LogP contribution in [0.3, 0.4) is 0 Å². The summed E-state index contributed by atoms with van der Waals surface area (Å²) in [6.45, 7) is 3.88. The number of ether oxygens (including phenoxy) is 1. The number of carbonyl (C=O) groups excluding carboxylic acids is 2. The number of thiazole rings is 1. The van der Waals surface area contributed by atoms with Crippen LogP contribution in [0.25, 0.3) is 10.4 Å². The smallest absolute Gasteiger partial charge is 0.305 e. The second-order valence-electron chi connectivity index (χ2n) is 5.54. The van der Waals surface area contributed by atoms with Gasteiger partial charge in [-0.25, -0.2) is 4.98 Å². The van der Waals surface area contributed by atoms with Gasteiger partial charge in [0.25, 0.3) is 0 Å². The van der Waals surface area contributed by atoms with Gasteiger partial charge in [-0.05, 0) is 18.4 Å². The largest absolute Gasteiger partial charge is 0.469 e. The van der Waals surface area contributed by atoms with Gasteiger partial charge < -0.3 is 10.1 Å². The Morgan fingerprint density at radius 1 is 1.35 bits per heavy atom. The quantitative estimate of drug-likeness (QED) is 0.820. The zero-order valence-corrected chi connectivity index (χ0v) is 14.3. The van der Waals surface area contributed by atoms with Gasteiger partial charge in [0.1, 0.15) is 0 Å². The van der Waals surface area contributed by atoms with Gasteiger partial charge in [-0.3, -0.25) is 9.59 Å². The predicted molar refractivity (Wildman–Crippen MR) is 91.3 cm³/mol. The number of rotatable bonds is 6. The number of hydrogen-bond acceptors (Lipinski definition) is 5. The van der Waals surface area contributed by atoms with Crippen molar-refractivity contribution in [2.75, 3.05) is 12.4 Å². The van der Waals surface area contributed by atoms with E-state index in [2.05, 4.69) is 21.1 Å². The maximum atomic E-state index is 12.0. The van der Waals surface area contributed by atoms with Crippen molar-refractivity contribution < 1.29 is 14.3 Å². The molecule has 23 heavy (non-hydrogen) atoms. The summed E-state index contributed by atoms with van der Waals surface area (Å²) in [5.41, 5.74) is 2.26. The molecule has 5 nitrogen and oxygen atoms in total. The lowest BCUT2D eigenvalue weighted by atomic mass is 10.0. The summed E-state index contributed by atoms with van der Waals surface area (Å²) in [4.78, 5) is 28.4. The fraction of sp³-hybridized carbons (Fsp3) is 0.353. The van der Waals surface area contributed by atoms with Crippen LogP contribution < -0.4 is 5.32 Å². The fourth-order valence-corrected chi connectivity index (χ4v) is 3.02. The molecule has 0 fully saturated rings. The third kappa shape index (κ3) is 5.17. The van der Waals surface area contributed by atoms with Crippen molar-refractivity contribution in [2.24, 2.45) is 5.92 Å². The van der Waals surface area contributed by atoms with Crippen molar-refractivity contribution in [2.45, 2.75) is 26.7 Å². The highest BCUT2D eigenvalue weighted by Crippen LogP contribution is 2.29. The van der Waals surface area contributed by atoms with E-state index in [9.17, 15) is 9.59 Å². The minimum atomic E-state index is -0.304. The second kappa shape index (κ2) is 7.87. The number of anilines is 1. The molecule has 1 aromatic heterocycles. The van der Waals surface area contributed by atoms with Gasteiger partial charge >= 0.3 is 5.97 Å². The molecule has 2 rings (SSSR count). The molecule has 1 aromatic carbocycles. The van der Waals surface area contributed by atoms with Crippen molar-refractivity contribution in [3.63, 3.8) is 0 Å². The number of esters is 1. The van der Waals surface area contributed by atoms with Crippen LogP contribution in [0.15, 0.2) is 30.5 Å². The molecular formula is C17H20N2O3S. The van der Waals surface area contributed by atoms with E-state index in [-0.39, 0.29) is 30.6 Å². The van der Waals surface area contributed by atoms with Crippen molar-refractivity contribution in [3.8, 4) is 10.4 Å². The van der Waals surface area contributed by atoms with E-state index in [4.69, 9.17) is 0 Å². The standard InChI is InChI=1S/C17H20N2O3S/c1-11-5-4-6-13(7-11)14-10-18-17(23-14)19-15(20)8-12(2)9-16(21)22-3/h4-7,10,12H,8-9H2,1-3H3,(H,18,19,20). The first-order chi connectivity index (χ1) is 11.0. The van der Waals surface area contributed by atoms with Crippen LogP contribution in [0.5, 0.6) is 0 Å². The highest BCUT2D eigenvalue weighted by molar-refractivity contribution is 7.19. The molecule has 1 atom stereocenters. The van der Waals surface area contributed by atoms with Crippen LogP contribution in [-0.4, -0.2) is 24.0 Å². The van der Waals surface area contributed by atoms with E-state index in [1.165, 1.54) is 24.0 Å². The van der Waals surface area contributed by atoms with Gasteiger partial charge in [0.2, 0.25) is 5.91 Å². The second-order valence-corrected chi connectivity index (χ2v) is 6.57. The molecule has 1 heterocycles. The highest BCUT2D eigenvalue weighted by Gasteiger charge is 2.15. The third-order valence-corrected chi connectivity index (χ3v) is 4.29. The van der Waals surface area contributed by atoms with Crippen LogP contribution in [0.1, 0.15) is 25.3 Å². The van der Waals surface area contributed by atoms with E-state index >= 15 is 0 Å². The number of benzene rings is 1. The molecule has 0 spiro atoms. The fourth-order valence-electron chi connectivity index (χ4n) is 2.19. The normalized spacial score (nSPS) is 11.8. The number of hydrogen-bond donors (Lipinski definition) is 1. The molecule has 0 saturated heterocycles. The summed E-state index contributed by atoms with van der Waals surface area (Å²) in [6, 6.07) is 8.13. The Morgan fingerprint density at radius 3 is 2.83 bits per heavy atom. The van der Waals surface area contributed by atoms with Gasteiger partial charge in [0.15, 0.2) is 5.13 Å². The maximum Gasteiger partial charge on any atom is 0.305 e. The van der Waals surface area contributed by atoms with Crippen LogP contribution in [0, 0.1) is 12.8 Å². The van der Waals surface area contributed by atoms with Crippen LogP contribution in [0.2, 0.25) is 0 Å². The highest BCUT2D eigenvalue weighted by atomic mass is 32.1. The van der Waals surface area contributed by atoms with Crippen LogP contribution >= 0.6 is 11.3 Å². The molecule has 0 aliphatic rings. The SMILES string of the molecule is COC(=O)CC(C)CC(=O)Nc1ncc(-c2cccc(C)c2)s1. The van der Waals surface area contributed by atoms with Gasteiger partial charge in [-0.1, -0.05) is 48.1 Å². The number of methoxy groups -OCH3 is 1. The number of aromatic nitrogens is 1. The minimum Gasteiger partial charge on any atom is -0.469 e. The summed E-state index contributed by atoms with van der Waals surface area (Å²) in [5, 5.41) is 3.35. The zero-order chi connectivity index (χ0) is 16.8. The summed E-state index contributed by atoms with van der Waals surface area (Å²) >= 11 is 1.43. The molecule has 1 unspecified atom stereocenters. The molecule has 122 valence electrons. The molecule has 1 amide bonds. The molecular weight excluding hydrogens is 312 g/mol. The molecule has 0 saturated carbocycles. The Kier molecular flexibility index (Phi) is 5.87. The van der Waals surface area contributed by atoms with E-state index in [0.29, 0.717) is 5.13 Å². The Bertz CT molecular complexity index is 697. The van der Waals surface area contributed by atoms with Gasteiger partial charge in [0, 0.05) is 19.0 Å². The zero-order valence-electron chi connectivity index (χ0n) is 13.5. The summed E-state index contributed by atoms with van der Waals surface area (Å²) in [5.74, 6) is -0.522. The van der Waals surface area contributed by atoms with Crippen LogP contribution in [-0.2, 0) is 14.3 Å². The Hall–Kier alpha value is -2.21. The average Bonchev–Trinajstić information content (AvgIpc) is 2.95. The average molecular weight is 332 g/mol. The molecule has 0 aliphatic carbocycles. The van der Waals surface area contributed by atoms with Crippen molar-refractivity contribution in [3.05, 3.63) is 36.0 Å². The number of nitrogens with one attached hydrogen (secondary N) is 1. The van der Waals surface area contributed by atoms with E-state index in [0.717, 1.165) is 10.4 Å². The first-order valence-electron chi connectivity index (χ1n) is 7.37. The Morgan fingerprint density at radius 2 is 2.13 bits per heavy atom. The topological polar surface area (TPSA) is 68.3 Å². The molecule has 0 aliphatic heterocycles. The number of carbonyl (C=O) groups is 2. The lowest BCUT2D eigenvalue weighted by molar-refractivity contribution is -0.141. The van der Waals surface area contributed by atoms with E-state index in [1.807, 2.05) is 32.0 Å². The molecule has 1 N–H and O–H groups in total. The first kappa shape index (κ1) is 17.1. The minimum absolute atomic E-state index is 0.0707. The van der Waals surface area contributed by atoms with Gasteiger partial charge in [-0.15, -0.1) is 0 Å². The number of nitrogens with zero attached hydrogens (tertiary/aromatic N) is 1. The molecule has 0 bridgehead atoms. The third-order valence-electron chi connectivity index (χ3n) is 3.33. The summed E-state index contributed by atoms with van der Waals surface area (Å²) in [6.07, 6.45) is 2.25. The van der Waals surface area contributed by atoms with Crippen molar-refractivity contribution in [1.82, 2.24) is 4.98 Å². The van der Waals surface area contributed by atoms with Crippen molar-refractivity contribution in [1.29, 1.82) is 0 Å². The molecule has 0 radical (unpaired) electrons. The summed E-state index contributed by atoms with van der Waals surface area (Å²) in [7, 11) is 1.34. The summed E-state index contributed by atoms with van der Waals surface area (Å²) < 4.78 is 4.60. The number of amides is 1. The van der Waals surface area contributed by atoms with E-state index < -0.39 is 0 Å². The Balaban J connectivity index is 1.94.